The first-order valence-electron chi connectivity index (χ1n) is 7.91. The normalized spacial score (nSPS) is 23.0. The summed E-state index contributed by atoms with van der Waals surface area (Å²) in [6.07, 6.45) is 2.97. The van der Waals surface area contributed by atoms with Gasteiger partial charge in [-0.25, -0.2) is 0 Å². The zero-order valence-electron chi connectivity index (χ0n) is 13.3. The third kappa shape index (κ3) is 3.92. The van der Waals surface area contributed by atoms with Gasteiger partial charge < -0.3 is 9.47 Å². The van der Waals surface area contributed by atoms with E-state index in [1.165, 1.54) is 0 Å². The second-order valence-electron chi connectivity index (χ2n) is 6.28. The van der Waals surface area contributed by atoms with Crippen LogP contribution >= 0.6 is 0 Å². The van der Waals surface area contributed by atoms with Crippen LogP contribution in [0.5, 0.6) is 0 Å². The van der Waals surface area contributed by atoms with Gasteiger partial charge in [0.1, 0.15) is 5.78 Å². The predicted octanol–water partition coefficient (Wildman–Crippen LogP) is 4.28. The average molecular weight is 290 g/mol. The van der Waals surface area contributed by atoms with Gasteiger partial charge in [0.2, 0.25) is 0 Å². The van der Waals surface area contributed by atoms with E-state index in [0.29, 0.717) is 18.8 Å². The van der Waals surface area contributed by atoms with Crippen LogP contribution in [0.4, 0.5) is 0 Å². The maximum absolute atomic E-state index is 12.4. The first kappa shape index (κ1) is 16.2. The molecule has 0 unspecified atom stereocenters. The van der Waals surface area contributed by atoms with E-state index in [1.54, 1.807) is 0 Å². The van der Waals surface area contributed by atoms with Crippen molar-refractivity contribution in [1.82, 2.24) is 0 Å². The minimum absolute atomic E-state index is 0.0826. The maximum atomic E-state index is 12.4. The molecule has 1 heterocycles. The van der Waals surface area contributed by atoms with Crippen LogP contribution in [0.1, 0.15) is 58.3 Å². The van der Waals surface area contributed by atoms with Crippen LogP contribution in [0.15, 0.2) is 30.3 Å². The van der Waals surface area contributed by atoms with Gasteiger partial charge in [-0.3, -0.25) is 4.79 Å². The smallest absolute Gasteiger partial charge is 0.184 e. The van der Waals surface area contributed by atoms with E-state index < -0.39 is 5.41 Å². The lowest BCUT2D eigenvalue weighted by atomic mass is 9.78. The van der Waals surface area contributed by atoms with Gasteiger partial charge in [0.05, 0.1) is 12.7 Å². The largest absolute Gasteiger partial charge is 0.348 e. The topological polar surface area (TPSA) is 35.5 Å². The molecule has 0 N–H and O–H groups in total. The minimum Gasteiger partial charge on any atom is -0.348 e. The van der Waals surface area contributed by atoms with Gasteiger partial charge in [0.15, 0.2) is 6.29 Å². The number of unbranched alkanes of at least 4 members (excludes halogenated alkanes) is 1. The van der Waals surface area contributed by atoms with Crippen molar-refractivity contribution < 1.29 is 14.3 Å². The Morgan fingerprint density at radius 2 is 2.00 bits per heavy atom. The molecule has 0 saturated carbocycles. The molecular formula is C18H26O3. The van der Waals surface area contributed by atoms with Gasteiger partial charge in [-0.2, -0.15) is 0 Å². The van der Waals surface area contributed by atoms with E-state index in [0.717, 1.165) is 24.8 Å². The first-order chi connectivity index (χ1) is 10.1. The molecule has 1 aromatic rings. The number of carbonyl (C=O) groups excluding carboxylic acids is 1. The standard InChI is InChI=1S/C18H26O3/c1-4-5-11-15(19)18(2,3)16-12-13-20-17(21-16)14-9-7-6-8-10-14/h6-10,16-17H,4-5,11-13H2,1-3H3/t16-,17-/m0/s1. The van der Waals surface area contributed by atoms with Crippen molar-refractivity contribution in [1.29, 1.82) is 0 Å². The number of ketones is 1. The molecule has 0 amide bonds. The monoisotopic (exact) mass is 290 g/mol. The van der Waals surface area contributed by atoms with Crippen molar-refractivity contribution in [2.75, 3.05) is 6.61 Å². The SMILES string of the molecule is CCCCC(=O)C(C)(C)[C@@H]1CCO[C@H](c2ccccc2)O1. The third-order valence-corrected chi connectivity index (χ3v) is 4.29. The van der Waals surface area contributed by atoms with E-state index in [1.807, 2.05) is 44.2 Å². The van der Waals surface area contributed by atoms with Gasteiger partial charge in [-0.05, 0) is 12.8 Å². The lowest BCUT2D eigenvalue weighted by Crippen LogP contribution is -2.43. The number of carbonyl (C=O) groups is 1. The molecule has 3 heteroatoms. The number of Topliss-reactive ketones (excluding diaryl/α,β-unsaturated/α-hetero) is 1. The second kappa shape index (κ2) is 7.19. The fourth-order valence-corrected chi connectivity index (χ4v) is 2.69. The van der Waals surface area contributed by atoms with Gasteiger partial charge in [0.25, 0.3) is 0 Å². The highest BCUT2D eigenvalue weighted by Gasteiger charge is 2.40. The van der Waals surface area contributed by atoms with Crippen molar-refractivity contribution in [3.63, 3.8) is 0 Å². The molecule has 2 atom stereocenters. The van der Waals surface area contributed by atoms with E-state index in [2.05, 4.69) is 6.92 Å². The number of hydrogen-bond acceptors (Lipinski definition) is 3. The lowest BCUT2D eigenvalue weighted by molar-refractivity contribution is -0.238. The van der Waals surface area contributed by atoms with E-state index in [-0.39, 0.29) is 12.4 Å². The molecule has 0 aliphatic carbocycles. The van der Waals surface area contributed by atoms with Gasteiger partial charge in [-0.1, -0.05) is 57.5 Å². The third-order valence-electron chi connectivity index (χ3n) is 4.29. The summed E-state index contributed by atoms with van der Waals surface area (Å²) in [4.78, 5) is 12.4. The summed E-state index contributed by atoms with van der Waals surface area (Å²) in [5.41, 5.74) is 0.561. The Kier molecular flexibility index (Phi) is 5.54. The van der Waals surface area contributed by atoms with Crippen molar-refractivity contribution in [2.24, 2.45) is 5.41 Å². The summed E-state index contributed by atoms with van der Waals surface area (Å²) >= 11 is 0. The van der Waals surface area contributed by atoms with Crippen LogP contribution in [0.2, 0.25) is 0 Å². The van der Waals surface area contributed by atoms with Crippen LogP contribution in [0, 0.1) is 5.41 Å². The molecule has 116 valence electrons. The summed E-state index contributed by atoms with van der Waals surface area (Å²) < 4.78 is 11.8. The highest BCUT2D eigenvalue weighted by Crippen LogP contribution is 2.36. The zero-order valence-corrected chi connectivity index (χ0v) is 13.3. The van der Waals surface area contributed by atoms with Crippen LogP contribution in [-0.2, 0) is 14.3 Å². The number of rotatable bonds is 6. The quantitative estimate of drug-likeness (QED) is 0.784. The summed E-state index contributed by atoms with van der Waals surface area (Å²) in [5.74, 6) is 0.295. The Labute approximate surface area is 127 Å². The lowest BCUT2D eigenvalue weighted by Gasteiger charge is -2.39. The van der Waals surface area contributed by atoms with Crippen molar-refractivity contribution >= 4 is 5.78 Å². The molecule has 0 spiro atoms. The number of benzene rings is 1. The van der Waals surface area contributed by atoms with Gasteiger partial charge in [0, 0.05) is 17.4 Å². The molecule has 0 bridgehead atoms. The van der Waals surface area contributed by atoms with Gasteiger partial charge >= 0.3 is 0 Å². The number of hydrogen-bond donors (Lipinski definition) is 0. The van der Waals surface area contributed by atoms with Crippen LogP contribution in [-0.4, -0.2) is 18.5 Å². The van der Waals surface area contributed by atoms with Crippen LogP contribution in [0.3, 0.4) is 0 Å². The van der Waals surface area contributed by atoms with E-state index in [9.17, 15) is 4.79 Å². The van der Waals surface area contributed by atoms with E-state index >= 15 is 0 Å². The Morgan fingerprint density at radius 1 is 1.29 bits per heavy atom. The van der Waals surface area contributed by atoms with Crippen molar-refractivity contribution in [3.8, 4) is 0 Å². The first-order valence-corrected chi connectivity index (χ1v) is 7.91. The molecule has 1 fully saturated rings. The Bertz CT molecular complexity index is 453. The minimum atomic E-state index is -0.452. The summed E-state index contributed by atoms with van der Waals surface area (Å²) in [7, 11) is 0. The molecule has 1 aliphatic heterocycles. The Hall–Kier alpha value is -1.19. The molecule has 0 aromatic heterocycles. The maximum Gasteiger partial charge on any atom is 0.184 e. The molecule has 3 nitrogen and oxygen atoms in total. The van der Waals surface area contributed by atoms with Crippen molar-refractivity contribution in [2.45, 2.75) is 58.8 Å². The zero-order chi connectivity index (χ0) is 15.3. The Morgan fingerprint density at radius 3 is 2.67 bits per heavy atom. The highest BCUT2D eigenvalue weighted by molar-refractivity contribution is 5.84. The van der Waals surface area contributed by atoms with Crippen LogP contribution < -0.4 is 0 Å². The average Bonchev–Trinajstić information content (AvgIpc) is 2.53. The molecule has 1 saturated heterocycles. The molecule has 0 radical (unpaired) electrons. The molecule has 1 aliphatic rings. The summed E-state index contributed by atoms with van der Waals surface area (Å²) in [6, 6.07) is 9.92. The highest BCUT2D eigenvalue weighted by atomic mass is 16.7. The van der Waals surface area contributed by atoms with Gasteiger partial charge in [-0.15, -0.1) is 0 Å². The molecule has 1 aromatic carbocycles. The molecule has 21 heavy (non-hydrogen) atoms. The fourth-order valence-electron chi connectivity index (χ4n) is 2.69. The summed E-state index contributed by atoms with van der Waals surface area (Å²) in [5, 5.41) is 0. The molecule has 2 rings (SSSR count). The Balaban J connectivity index is 2.04. The van der Waals surface area contributed by atoms with E-state index in [4.69, 9.17) is 9.47 Å². The predicted molar refractivity (Wildman–Crippen MR) is 82.9 cm³/mol. The van der Waals surface area contributed by atoms with Crippen LogP contribution in [0.25, 0.3) is 0 Å². The van der Waals surface area contributed by atoms with Crippen molar-refractivity contribution in [3.05, 3.63) is 35.9 Å². The number of ether oxygens (including phenoxy) is 2. The second-order valence-corrected chi connectivity index (χ2v) is 6.28. The summed E-state index contributed by atoms with van der Waals surface area (Å²) in [6.45, 7) is 6.75. The molecular weight excluding hydrogens is 264 g/mol. The fraction of sp³-hybridized carbons (Fsp3) is 0.611.